The molecule has 0 aliphatic rings. The highest BCUT2D eigenvalue weighted by Gasteiger charge is 2.17. The predicted octanol–water partition coefficient (Wildman–Crippen LogP) is 2.35. The number of halogens is 2. The Bertz CT molecular complexity index is 516. The molecule has 0 aliphatic carbocycles. The van der Waals surface area contributed by atoms with E-state index >= 15 is 0 Å². The molecule has 0 radical (unpaired) electrons. The summed E-state index contributed by atoms with van der Waals surface area (Å²) in [5, 5.41) is 13.7. The number of hydrogen-bond donors (Lipinski definition) is 2. The van der Waals surface area contributed by atoms with E-state index in [2.05, 4.69) is 37.2 Å². The molecule has 0 spiro atoms. The topological polar surface area (TPSA) is 107 Å². The van der Waals surface area contributed by atoms with Crippen molar-refractivity contribution in [1.29, 1.82) is 0 Å². The van der Waals surface area contributed by atoms with Crippen LogP contribution in [0.1, 0.15) is 13.3 Å². The first-order valence-corrected chi connectivity index (χ1v) is 7.74. The summed E-state index contributed by atoms with van der Waals surface area (Å²) < 4.78 is 6.49. The fourth-order valence-corrected chi connectivity index (χ4v) is 3.05. The standard InChI is InChI=1S/C12H15Br2N3O4/c1-2-16-10(12(15)18)3-4-21-11-8(13)5-7(17(19)20)6-9(11)14/h5-6,10,16H,2-4H2,1H3,(H2,15,18). The van der Waals surface area contributed by atoms with E-state index in [1.807, 2.05) is 6.92 Å². The Labute approximate surface area is 138 Å². The molecule has 7 nitrogen and oxygen atoms in total. The Kier molecular flexibility index (Phi) is 7.06. The molecule has 0 fully saturated rings. The molecule has 1 aromatic carbocycles. The maximum Gasteiger partial charge on any atom is 0.271 e. The van der Waals surface area contributed by atoms with Crippen LogP contribution >= 0.6 is 31.9 Å². The van der Waals surface area contributed by atoms with Crippen LogP contribution in [-0.2, 0) is 4.79 Å². The molecule has 21 heavy (non-hydrogen) atoms. The zero-order chi connectivity index (χ0) is 16.0. The molecule has 1 atom stereocenters. The first-order chi connectivity index (χ1) is 9.86. The lowest BCUT2D eigenvalue weighted by Crippen LogP contribution is -2.42. The van der Waals surface area contributed by atoms with Gasteiger partial charge in [-0.2, -0.15) is 0 Å². The number of likely N-dealkylation sites (N-methyl/N-ethyl adjacent to an activating group) is 1. The molecule has 0 bridgehead atoms. The Morgan fingerprint density at radius 1 is 1.48 bits per heavy atom. The molecule has 1 amide bonds. The lowest BCUT2D eigenvalue weighted by atomic mass is 10.2. The van der Waals surface area contributed by atoms with Crippen molar-refractivity contribution in [2.24, 2.45) is 5.73 Å². The molecule has 1 rings (SSSR count). The second-order valence-electron chi connectivity index (χ2n) is 4.15. The van der Waals surface area contributed by atoms with Crippen molar-refractivity contribution >= 4 is 43.5 Å². The van der Waals surface area contributed by atoms with Gasteiger partial charge in [0.25, 0.3) is 5.69 Å². The summed E-state index contributed by atoms with van der Waals surface area (Å²) >= 11 is 6.45. The Morgan fingerprint density at radius 2 is 2.05 bits per heavy atom. The van der Waals surface area contributed by atoms with E-state index < -0.39 is 16.9 Å². The van der Waals surface area contributed by atoms with Gasteiger partial charge in [0.2, 0.25) is 5.91 Å². The van der Waals surface area contributed by atoms with Gasteiger partial charge in [-0.05, 0) is 38.4 Å². The number of nitrogens with zero attached hydrogens (tertiary/aromatic N) is 1. The van der Waals surface area contributed by atoms with E-state index in [0.29, 0.717) is 27.7 Å². The minimum absolute atomic E-state index is 0.0521. The number of hydrogen-bond acceptors (Lipinski definition) is 5. The Morgan fingerprint density at radius 3 is 2.48 bits per heavy atom. The molecule has 9 heteroatoms. The van der Waals surface area contributed by atoms with Gasteiger partial charge in [-0.15, -0.1) is 0 Å². The number of primary amides is 1. The number of amides is 1. The number of nitrogens with one attached hydrogen (secondary N) is 1. The number of nitro groups is 1. The van der Waals surface area contributed by atoms with Crippen molar-refractivity contribution in [1.82, 2.24) is 5.32 Å². The molecule has 0 heterocycles. The summed E-state index contributed by atoms with van der Waals surface area (Å²) in [7, 11) is 0. The maximum atomic E-state index is 11.2. The number of benzene rings is 1. The first-order valence-electron chi connectivity index (χ1n) is 6.15. The van der Waals surface area contributed by atoms with Crippen molar-refractivity contribution in [3.05, 3.63) is 31.2 Å². The average molecular weight is 425 g/mol. The van der Waals surface area contributed by atoms with Gasteiger partial charge < -0.3 is 15.8 Å². The minimum Gasteiger partial charge on any atom is -0.491 e. The molecule has 1 unspecified atom stereocenters. The van der Waals surface area contributed by atoms with Crippen LogP contribution in [-0.4, -0.2) is 30.0 Å². The zero-order valence-corrected chi connectivity index (χ0v) is 14.4. The average Bonchev–Trinajstić information content (AvgIpc) is 2.39. The number of nitro benzene ring substituents is 1. The monoisotopic (exact) mass is 423 g/mol. The second-order valence-corrected chi connectivity index (χ2v) is 5.85. The van der Waals surface area contributed by atoms with E-state index in [1.165, 1.54) is 12.1 Å². The van der Waals surface area contributed by atoms with Gasteiger partial charge in [0.05, 0.1) is 26.5 Å². The molecule has 116 valence electrons. The van der Waals surface area contributed by atoms with Gasteiger partial charge in [-0.25, -0.2) is 0 Å². The number of nitrogens with two attached hydrogens (primary N) is 1. The summed E-state index contributed by atoms with van der Waals surface area (Å²) in [6.45, 7) is 2.74. The van der Waals surface area contributed by atoms with Gasteiger partial charge in [-0.1, -0.05) is 6.92 Å². The predicted molar refractivity (Wildman–Crippen MR) is 85.3 cm³/mol. The fraction of sp³-hybridized carbons (Fsp3) is 0.417. The van der Waals surface area contributed by atoms with Gasteiger partial charge in [-0.3, -0.25) is 14.9 Å². The van der Waals surface area contributed by atoms with Crippen LogP contribution in [0.25, 0.3) is 0 Å². The zero-order valence-electron chi connectivity index (χ0n) is 11.3. The van der Waals surface area contributed by atoms with Crippen molar-refractivity contribution in [2.75, 3.05) is 13.2 Å². The van der Waals surface area contributed by atoms with Crippen LogP contribution in [0.5, 0.6) is 5.75 Å². The Hall–Kier alpha value is -1.19. The molecule has 0 saturated carbocycles. The lowest BCUT2D eigenvalue weighted by molar-refractivity contribution is -0.385. The molecule has 0 saturated heterocycles. The molecular weight excluding hydrogens is 410 g/mol. The third kappa shape index (κ3) is 5.25. The highest BCUT2D eigenvalue weighted by atomic mass is 79.9. The largest absolute Gasteiger partial charge is 0.491 e. The van der Waals surface area contributed by atoms with Gasteiger partial charge in [0.1, 0.15) is 5.75 Å². The molecule has 3 N–H and O–H groups in total. The normalized spacial score (nSPS) is 12.0. The second kappa shape index (κ2) is 8.30. The number of non-ortho nitro benzene ring substituents is 1. The number of carbonyl (C=O) groups is 1. The summed E-state index contributed by atoms with van der Waals surface area (Å²) in [5.41, 5.74) is 5.21. The summed E-state index contributed by atoms with van der Waals surface area (Å²) in [4.78, 5) is 21.4. The van der Waals surface area contributed by atoms with Crippen LogP contribution in [0, 0.1) is 10.1 Å². The molecular formula is C12H15Br2N3O4. The van der Waals surface area contributed by atoms with E-state index in [1.54, 1.807) is 0 Å². The molecule has 0 aliphatic heterocycles. The van der Waals surface area contributed by atoms with E-state index in [0.717, 1.165) is 0 Å². The van der Waals surface area contributed by atoms with Crippen LogP contribution in [0.3, 0.4) is 0 Å². The van der Waals surface area contributed by atoms with Gasteiger partial charge in [0.15, 0.2) is 0 Å². The van der Waals surface area contributed by atoms with Gasteiger partial charge in [0, 0.05) is 18.6 Å². The number of rotatable bonds is 8. The summed E-state index contributed by atoms with van der Waals surface area (Å²) in [6.07, 6.45) is 0.402. The molecule has 1 aromatic rings. The van der Waals surface area contributed by atoms with Crippen molar-refractivity contribution < 1.29 is 14.5 Å². The van der Waals surface area contributed by atoms with Crippen molar-refractivity contribution in [3.8, 4) is 5.75 Å². The summed E-state index contributed by atoms with van der Waals surface area (Å²) in [6, 6.07) is 2.25. The number of ether oxygens (including phenoxy) is 1. The fourth-order valence-electron chi connectivity index (χ4n) is 1.66. The van der Waals surface area contributed by atoms with Crippen LogP contribution in [0.4, 0.5) is 5.69 Å². The quantitative estimate of drug-likeness (QED) is 0.491. The summed E-state index contributed by atoms with van der Waals surface area (Å²) in [5.74, 6) is 0.00241. The Balaban J connectivity index is 2.71. The first kappa shape index (κ1) is 17.9. The number of carbonyl (C=O) groups excluding carboxylic acids is 1. The van der Waals surface area contributed by atoms with Crippen molar-refractivity contribution in [2.45, 2.75) is 19.4 Å². The third-order valence-electron chi connectivity index (χ3n) is 2.64. The van der Waals surface area contributed by atoms with Crippen LogP contribution < -0.4 is 15.8 Å². The lowest BCUT2D eigenvalue weighted by Gasteiger charge is -2.15. The van der Waals surface area contributed by atoms with Gasteiger partial charge >= 0.3 is 0 Å². The smallest absolute Gasteiger partial charge is 0.271 e. The third-order valence-corrected chi connectivity index (χ3v) is 3.82. The van der Waals surface area contributed by atoms with E-state index in [9.17, 15) is 14.9 Å². The van der Waals surface area contributed by atoms with E-state index in [4.69, 9.17) is 10.5 Å². The maximum absolute atomic E-state index is 11.2. The van der Waals surface area contributed by atoms with Crippen LogP contribution in [0.15, 0.2) is 21.1 Å². The highest BCUT2D eigenvalue weighted by molar-refractivity contribution is 9.11. The van der Waals surface area contributed by atoms with E-state index in [-0.39, 0.29) is 12.3 Å². The minimum atomic E-state index is -0.492. The molecule has 0 aromatic heterocycles. The van der Waals surface area contributed by atoms with Crippen molar-refractivity contribution in [3.63, 3.8) is 0 Å². The highest BCUT2D eigenvalue weighted by Crippen LogP contribution is 2.37. The SMILES string of the molecule is CCNC(CCOc1c(Br)cc([N+](=O)[O-])cc1Br)C(N)=O. The van der Waals surface area contributed by atoms with Crippen LogP contribution in [0.2, 0.25) is 0 Å².